The molecule has 86 valence electrons. The molecule has 1 heteroatoms. The van der Waals surface area contributed by atoms with Crippen LogP contribution in [0.5, 0.6) is 0 Å². The van der Waals surface area contributed by atoms with E-state index in [4.69, 9.17) is 5.73 Å². The maximum absolute atomic E-state index is 5.87. The van der Waals surface area contributed by atoms with Gasteiger partial charge in [-0.1, -0.05) is 49.8 Å². The summed E-state index contributed by atoms with van der Waals surface area (Å²) in [7, 11) is 0. The normalized spacial score (nSPS) is 20.2. The summed E-state index contributed by atoms with van der Waals surface area (Å²) in [5.41, 5.74) is 10.2. The van der Waals surface area contributed by atoms with Crippen molar-refractivity contribution in [3.05, 3.63) is 47.0 Å². The lowest BCUT2D eigenvalue weighted by Gasteiger charge is -2.07. The molecule has 16 heavy (non-hydrogen) atoms. The molecule has 0 saturated carbocycles. The van der Waals surface area contributed by atoms with Crippen LogP contribution in [0, 0.1) is 0 Å². The Morgan fingerprint density at radius 3 is 2.44 bits per heavy atom. The zero-order valence-corrected chi connectivity index (χ0v) is 10.2. The zero-order valence-electron chi connectivity index (χ0n) is 10.2. The summed E-state index contributed by atoms with van der Waals surface area (Å²) in [5.74, 6) is 0.619. The van der Waals surface area contributed by atoms with Crippen molar-refractivity contribution >= 4 is 0 Å². The maximum atomic E-state index is 5.87. The number of rotatable bonds is 3. The molecule has 0 bridgehead atoms. The summed E-state index contributed by atoms with van der Waals surface area (Å²) in [6.45, 7) is 4.46. The van der Waals surface area contributed by atoms with E-state index in [1.54, 1.807) is 0 Å². The molecule has 0 amide bonds. The molecule has 0 radical (unpaired) electrons. The van der Waals surface area contributed by atoms with E-state index in [9.17, 15) is 0 Å². The van der Waals surface area contributed by atoms with Crippen LogP contribution in [0.4, 0.5) is 0 Å². The van der Waals surface area contributed by atoms with Crippen LogP contribution in [0.25, 0.3) is 0 Å². The Morgan fingerprint density at radius 1 is 1.25 bits per heavy atom. The Bertz CT molecular complexity index is 373. The van der Waals surface area contributed by atoms with Crippen molar-refractivity contribution < 1.29 is 0 Å². The molecule has 1 unspecified atom stereocenters. The van der Waals surface area contributed by atoms with Gasteiger partial charge in [0.25, 0.3) is 0 Å². The Hall–Kier alpha value is -1.08. The van der Waals surface area contributed by atoms with Gasteiger partial charge in [-0.15, -0.1) is 0 Å². The minimum atomic E-state index is 0.296. The van der Waals surface area contributed by atoms with Crippen LogP contribution in [-0.4, -0.2) is 6.04 Å². The van der Waals surface area contributed by atoms with E-state index in [0.29, 0.717) is 12.0 Å². The number of allylic oxidation sites excluding steroid dienone is 1. The van der Waals surface area contributed by atoms with Crippen molar-refractivity contribution in [1.82, 2.24) is 0 Å². The van der Waals surface area contributed by atoms with E-state index >= 15 is 0 Å². The van der Waals surface area contributed by atoms with Gasteiger partial charge in [-0.3, -0.25) is 0 Å². The predicted molar refractivity (Wildman–Crippen MR) is 69.5 cm³/mol. The third kappa shape index (κ3) is 2.73. The zero-order chi connectivity index (χ0) is 11.5. The lowest BCUT2D eigenvalue weighted by molar-refractivity contribution is 0.770. The smallest absolute Gasteiger partial charge is 0.0229 e. The summed E-state index contributed by atoms with van der Waals surface area (Å²) in [4.78, 5) is 0. The molecule has 1 aromatic carbocycles. The molecule has 0 spiro atoms. The minimum Gasteiger partial charge on any atom is -0.324 e. The SMILES string of the molecule is CC(C)c1ccc(CC2=CC(N)CC2)cc1. The average molecular weight is 215 g/mol. The van der Waals surface area contributed by atoms with Crippen LogP contribution in [0.3, 0.4) is 0 Å². The first-order valence-corrected chi connectivity index (χ1v) is 6.19. The van der Waals surface area contributed by atoms with E-state index in [-0.39, 0.29) is 0 Å². The van der Waals surface area contributed by atoms with E-state index in [2.05, 4.69) is 44.2 Å². The fraction of sp³-hybridized carbons (Fsp3) is 0.467. The van der Waals surface area contributed by atoms with Gasteiger partial charge < -0.3 is 5.73 Å². The van der Waals surface area contributed by atoms with Gasteiger partial charge >= 0.3 is 0 Å². The van der Waals surface area contributed by atoms with Gasteiger partial charge in [0.2, 0.25) is 0 Å². The molecule has 0 saturated heterocycles. The average Bonchev–Trinajstić information content (AvgIpc) is 2.65. The first kappa shape index (κ1) is 11.4. The molecule has 0 fully saturated rings. The minimum absolute atomic E-state index is 0.296. The van der Waals surface area contributed by atoms with Gasteiger partial charge in [-0.2, -0.15) is 0 Å². The third-order valence-corrected chi connectivity index (χ3v) is 3.33. The van der Waals surface area contributed by atoms with E-state index < -0.39 is 0 Å². The van der Waals surface area contributed by atoms with Gasteiger partial charge in [0.15, 0.2) is 0 Å². The van der Waals surface area contributed by atoms with Crippen LogP contribution >= 0.6 is 0 Å². The first-order valence-electron chi connectivity index (χ1n) is 6.19. The first-order chi connectivity index (χ1) is 7.65. The highest BCUT2D eigenvalue weighted by Gasteiger charge is 2.11. The fourth-order valence-electron chi connectivity index (χ4n) is 2.25. The fourth-order valence-corrected chi connectivity index (χ4v) is 2.25. The quantitative estimate of drug-likeness (QED) is 0.768. The van der Waals surface area contributed by atoms with Crippen molar-refractivity contribution in [3.63, 3.8) is 0 Å². The molecule has 1 nitrogen and oxygen atoms in total. The lowest BCUT2D eigenvalue weighted by Crippen LogP contribution is -2.11. The second-order valence-electron chi connectivity index (χ2n) is 5.10. The summed E-state index contributed by atoms with van der Waals surface area (Å²) in [6, 6.07) is 9.29. The summed E-state index contributed by atoms with van der Waals surface area (Å²) in [5, 5.41) is 0. The van der Waals surface area contributed by atoms with Gasteiger partial charge in [0, 0.05) is 6.04 Å². The predicted octanol–water partition coefficient (Wildman–Crippen LogP) is 3.40. The van der Waals surface area contributed by atoms with Gasteiger partial charge in [-0.05, 0) is 36.3 Å². The van der Waals surface area contributed by atoms with Gasteiger partial charge in [-0.25, -0.2) is 0 Å². The van der Waals surface area contributed by atoms with Gasteiger partial charge in [0.1, 0.15) is 0 Å². The van der Waals surface area contributed by atoms with E-state index in [1.165, 1.54) is 23.1 Å². The second kappa shape index (κ2) is 4.84. The summed E-state index contributed by atoms with van der Waals surface area (Å²) >= 11 is 0. The number of nitrogens with two attached hydrogens (primary N) is 1. The highest BCUT2D eigenvalue weighted by atomic mass is 14.6. The number of hydrogen-bond acceptors (Lipinski definition) is 1. The molecule has 2 rings (SSSR count). The number of benzene rings is 1. The van der Waals surface area contributed by atoms with Crippen molar-refractivity contribution in [1.29, 1.82) is 0 Å². The molecule has 1 aliphatic carbocycles. The lowest BCUT2D eigenvalue weighted by atomic mass is 9.99. The standard InChI is InChI=1S/C15H21N/c1-11(2)14-6-3-12(4-7-14)9-13-5-8-15(16)10-13/h3-4,6-7,10-11,15H,5,8-9,16H2,1-2H3. The molecular formula is C15H21N. The second-order valence-corrected chi connectivity index (χ2v) is 5.10. The van der Waals surface area contributed by atoms with Crippen LogP contribution in [0.2, 0.25) is 0 Å². The molecular weight excluding hydrogens is 194 g/mol. The van der Waals surface area contributed by atoms with Crippen LogP contribution in [0.1, 0.15) is 43.7 Å². The van der Waals surface area contributed by atoms with Gasteiger partial charge in [0.05, 0.1) is 0 Å². The number of hydrogen-bond donors (Lipinski definition) is 1. The Balaban J connectivity index is 2.03. The summed E-state index contributed by atoms with van der Waals surface area (Å²) in [6.07, 6.45) is 5.61. The van der Waals surface area contributed by atoms with Crippen LogP contribution < -0.4 is 5.73 Å². The van der Waals surface area contributed by atoms with E-state index in [0.717, 1.165) is 12.8 Å². The Morgan fingerprint density at radius 2 is 1.94 bits per heavy atom. The summed E-state index contributed by atoms with van der Waals surface area (Å²) < 4.78 is 0. The molecule has 0 aliphatic heterocycles. The molecule has 1 aliphatic rings. The molecule has 2 N–H and O–H groups in total. The Labute approximate surface area is 98.4 Å². The highest BCUT2D eigenvalue weighted by molar-refractivity contribution is 5.29. The van der Waals surface area contributed by atoms with E-state index in [1.807, 2.05) is 0 Å². The van der Waals surface area contributed by atoms with Crippen LogP contribution in [-0.2, 0) is 6.42 Å². The van der Waals surface area contributed by atoms with Crippen LogP contribution in [0.15, 0.2) is 35.9 Å². The van der Waals surface area contributed by atoms with Crippen molar-refractivity contribution in [2.24, 2.45) is 5.73 Å². The molecule has 0 heterocycles. The van der Waals surface area contributed by atoms with Crippen molar-refractivity contribution in [2.45, 2.75) is 45.1 Å². The topological polar surface area (TPSA) is 26.0 Å². The molecule has 1 atom stereocenters. The maximum Gasteiger partial charge on any atom is 0.0229 e. The molecule has 0 aromatic heterocycles. The van der Waals surface area contributed by atoms with Crippen molar-refractivity contribution in [2.75, 3.05) is 0 Å². The third-order valence-electron chi connectivity index (χ3n) is 3.33. The Kier molecular flexibility index (Phi) is 3.45. The molecule has 1 aromatic rings. The largest absolute Gasteiger partial charge is 0.324 e. The van der Waals surface area contributed by atoms with Crippen molar-refractivity contribution in [3.8, 4) is 0 Å². The monoisotopic (exact) mass is 215 g/mol. The highest BCUT2D eigenvalue weighted by Crippen LogP contribution is 2.22.